The molecule has 4 aromatic heterocycles. The van der Waals surface area contributed by atoms with Crippen LogP contribution in [0.25, 0.3) is 10.2 Å². The van der Waals surface area contributed by atoms with Gasteiger partial charge in [-0.15, -0.1) is 11.3 Å². The van der Waals surface area contributed by atoms with Gasteiger partial charge in [0, 0.05) is 11.3 Å². The lowest BCUT2D eigenvalue weighted by Gasteiger charge is -2.17. The predicted molar refractivity (Wildman–Crippen MR) is 116 cm³/mol. The summed E-state index contributed by atoms with van der Waals surface area (Å²) in [5, 5.41) is 5.37. The molecule has 30 heavy (non-hydrogen) atoms. The molecule has 4 heterocycles. The first-order valence-electron chi connectivity index (χ1n) is 10.1. The first kappa shape index (κ1) is 19.6. The van der Waals surface area contributed by atoms with Crippen molar-refractivity contribution < 1.29 is 8.94 Å². The van der Waals surface area contributed by atoms with Crippen molar-refractivity contribution in [2.75, 3.05) is 0 Å². The summed E-state index contributed by atoms with van der Waals surface area (Å²) in [7, 11) is 0. The number of nitrogens with zero attached hydrogens (tertiary/aromatic N) is 4. The molecule has 7 nitrogen and oxygen atoms in total. The smallest absolute Gasteiger partial charge is 0.263 e. The Morgan fingerprint density at radius 3 is 3.03 bits per heavy atom. The Kier molecular flexibility index (Phi) is 5.24. The lowest BCUT2D eigenvalue weighted by atomic mass is 9.89. The number of furan rings is 1. The highest BCUT2D eigenvalue weighted by Gasteiger charge is 2.25. The van der Waals surface area contributed by atoms with E-state index in [0.29, 0.717) is 35.1 Å². The van der Waals surface area contributed by atoms with Crippen LogP contribution < -0.4 is 5.56 Å². The van der Waals surface area contributed by atoms with Gasteiger partial charge < -0.3 is 8.94 Å². The Balaban J connectivity index is 1.57. The van der Waals surface area contributed by atoms with Crippen LogP contribution in [-0.4, -0.2) is 19.7 Å². The fraction of sp³-hybridized carbons (Fsp3) is 0.429. The lowest BCUT2D eigenvalue weighted by Crippen LogP contribution is -2.24. The fourth-order valence-corrected chi connectivity index (χ4v) is 6.09. The number of hydrogen-bond acceptors (Lipinski definition) is 8. The van der Waals surface area contributed by atoms with Gasteiger partial charge in [-0.1, -0.05) is 30.8 Å². The van der Waals surface area contributed by atoms with E-state index in [9.17, 15) is 4.79 Å². The molecule has 0 saturated heterocycles. The van der Waals surface area contributed by atoms with Crippen LogP contribution in [0.2, 0.25) is 0 Å². The molecule has 1 aliphatic rings. The maximum Gasteiger partial charge on any atom is 0.263 e. The Hall–Kier alpha value is -2.39. The fourth-order valence-electron chi connectivity index (χ4n) is 3.83. The number of hydrogen-bond donors (Lipinski definition) is 0. The van der Waals surface area contributed by atoms with Crippen LogP contribution in [0.15, 0.2) is 37.3 Å². The first-order chi connectivity index (χ1) is 14.6. The molecule has 0 unspecified atom stereocenters. The highest BCUT2D eigenvalue weighted by molar-refractivity contribution is 7.98. The quantitative estimate of drug-likeness (QED) is 0.322. The van der Waals surface area contributed by atoms with Crippen LogP contribution in [0.4, 0.5) is 0 Å². The first-order valence-corrected chi connectivity index (χ1v) is 11.9. The van der Waals surface area contributed by atoms with Gasteiger partial charge in [-0.25, -0.2) is 4.98 Å². The number of thioether (sulfide) groups is 1. The van der Waals surface area contributed by atoms with Crippen molar-refractivity contribution >= 4 is 33.3 Å². The van der Waals surface area contributed by atoms with Crippen molar-refractivity contribution in [2.45, 2.75) is 57.0 Å². The zero-order chi connectivity index (χ0) is 20.7. The number of fused-ring (bicyclic) bond motifs is 3. The van der Waals surface area contributed by atoms with Crippen molar-refractivity contribution in [1.29, 1.82) is 0 Å². The average Bonchev–Trinajstić information content (AvgIpc) is 3.47. The summed E-state index contributed by atoms with van der Waals surface area (Å²) in [5.74, 6) is 3.06. The second kappa shape index (κ2) is 8.03. The Morgan fingerprint density at radius 2 is 2.27 bits per heavy atom. The van der Waals surface area contributed by atoms with E-state index in [0.717, 1.165) is 41.7 Å². The molecule has 156 valence electrons. The van der Waals surface area contributed by atoms with Crippen molar-refractivity contribution in [2.24, 2.45) is 5.92 Å². The standard InChI is InChI=1S/C21H22N4O3S2/c1-3-16-22-17(28-24-16)11-29-21-23-19-18(14-7-6-12(2)9-15(14)30-19)20(26)25(21)10-13-5-4-8-27-13/h4-5,8,12H,3,6-7,9-11H2,1-2H3/t12-/m1/s1. The molecule has 5 rings (SSSR count). The van der Waals surface area contributed by atoms with Crippen molar-refractivity contribution in [1.82, 2.24) is 19.7 Å². The molecule has 1 atom stereocenters. The molecule has 0 N–H and O–H groups in total. The lowest BCUT2D eigenvalue weighted by molar-refractivity contribution is 0.385. The van der Waals surface area contributed by atoms with E-state index in [1.54, 1.807) is 22.2 Å². The Bertz CT molecular complexity index is 1240. The van der Waals surface area contributed by atoms with Gasteiger partial charge in [0.15, 0.2) is 11.0 Å². The van der Waals surface area contributed by atoms with Gasteiger partial charge in [0.25, 0.3) is 5.56 Å². The molecule has 0 saturated carbocycles. The van der Waals surface area contributed by atoms with Crippen molar-refractivity contribution in [3.63, 3.8) is 0 Å². The van der Waals surface area contributed by atoms with Crippen molar-refractivity contribution in [3.05, 3.63) is 56.7 Å². The van der Waals surface area contributed by atoms with E-state index < -0.39 is 0 Å². The molecular formula is C21H22N4O3S2. The summed E-state index contributed by atoms with van der Waals surface area (Å²) >= 11 is 3.11. The molecule has 9 heteroatoms. The summed E-state index contributed by atoms with van der Waals surface area (Å²) in [6, 6.07) is 3.71. The summed E-state index contributed by atoms with van der Waals surface area (Å²) < 4.78 is 12.5. The van der Waals surface area contributed by atoms with E-state index in [1.165, 1.54) is 22.2 Å². The van der Waals surface area contributed by atoms with Crippen LogP contribution in [-0.2, 0) is 31.6 Å². The van der Waals surface area contributed by atoms with Gasteiger partial charge in [0.05, 0.1) is 23.9 Å². The third kappa shape index (κ3) is 3.60. The average molecular weight is 443 g/mol. The van der Waals surface area contributed by atoms with E-state index in [-0.39, 0.29) is 5.56 Å². The van der Waals surface area contributed by atoms with Crippen LogP contribution in [0.5, 0.6) is 0 Å². The molecular weight excluding hydrogens is 420 g/mol. The number of rotatable bonds is 6. The number of thiophene rings is 1. The van der Waals surface area contributed by atoms with Crippen LogP contribution in [0.1, 0.15) is 48.2 Å². The van der Waals surface area contributed by atoms with E-state index >= 15 is 0 Å². The minimum Gasteiger partial charge on any atom is -0.467 e. The van der Waals surface area contributed by atoms with Gasteiger partial charge in [0.1, 0.15) is 10.6 Å². The van der Waals surface area contributed by atoms with Gasteiger partial charge in [0.2, 0.25) is 5.89 Å². The largest absolute Gasteiger partial charge is 0.467 e. The van der Waals surface area contributed by atoms with Crippen LogP contribution >= 0.6 is 23.1 Å². The van der Waals surface area contributed by atoms with Crippen LogP contribution in [0, 0.1) is 5.92 Å². The summed E-state index contributed by atoms with van der Waals surface area (Å²) in [6.45, 7) is 4.60. The Morgan fingerprint density at radius 1 is 1.37 bits per heavy atom. The molecule has 0 aromatic carbocycles. The van der Waals surface area contributed by atoms with Gasteiger partial charge in [-0.05, 0) is 42.9 Å². The van der Waals surface area contributed by atoms with Crippen LogP contribution in [0.3, 0.4) is 0 Å². The van der Waals surface area contributed by atoms with Gasteiger partial charge >= 0.3 is 0 Å². The summed E-state index contributed by atoms with van der Waals surface area (Å²) in [4.78, 5) is 25.0. The third-order valence-electron chi connectivity index (χ3n) is 5.43. The third-order valence-corrected chi connectivity index (χ3v) is 7.53. The monoisotopic (exact) mass is 442 g/mol. The number of aryl methyl sites for hydroxylation is 2. The Labute approximate surface area is 181 Å². The van der Waals surface area contributed by atoms with E-state index in [1.807, 2.05) is 19.1 Å². The predicted octanol–water partition coefficient (Wildman–Crippen LogP) is 4.46. The molecule has 1 aliphatic carbocycles. The topological polar surface area (TPSA) is 87.0 Å². The molecule has 0 aliphatic heterocycles. The maximum atomic E-state index is 13.6. The molecule has 0 radical (unpaired) electrons. The van der Waals surface area contributed by atoms with E-state index in [4.69, 9.17) is 13.9 Å². The van der Waals surface area contributed by atoms with Crippen molar-refractivity contribution in [3.8, 4) is 0 Å². The number of aromatic nitrogens is 4. The molecule has 0 spiro atoms. The zero-order valence-electron chi connectivity index (χ0n) is 16.9. The SMILES string of the molecule is CCc1noc(CSc2nc3sc4c(c3c(=O)n2Cc2ccco2)CC[C@@H](C)C4)n1. The summed E-state index contributed by atoms with van der Waals surface area (Å²) in [5.41, 5.74) is 1.20. The molecule has 4 aromatic rings. The normalized spacial score (nSPS) is 16.3. The maximum absolute atomic E-state index is 13.6. The minimum absolute atomic E-state index is 0.00530. The minimum atomic E-state index is 0.00530. The highest BCUT2D eigenvalue weighted by Crippen LogP contribution is 2.36. The molecule has 0 fully saturated rings. The zero-order valence-corrected chi connectivity index (χ0v) is 18.5. The van der Waals surface area contributed by atoms with Gasteiger partial charge in [-0.3, -0.25) is 9.36 Å². The second-order valence-corrected chi connectivity index (χ2v) is 9.67. The molecule has 0 amide bonds. The second-order valence-electron chi connectivity index (χ2n) is 7.64. The van der Waals surface area contributed by atoms with Gasteiger partial charge in [-0.2, -0.15) is 4.98 Å². The highest BCUT2D eigenvalue weighted by atomic mass is 32.2. The van der Waals surface area contributed by atoms with E-state index in [2.05, 4.69) is 17.1 Å². The molecule has 0 bridgehead atoms. The summed E-state index contributed by atoms with van der Waals surface area (Å²) in [6.07, 6.45) is 5.43.